The molecule has 14 heavy (non-hydrogen) atoms. The van der Waals surface area contributed by atoms with Crippen LogP contribution in [0.2, 0.25) is 0 Å². The molecule has 82 valence electrons. The Morgan fingerprint density at radius 1 is 1.64 bits per heavy atom. The van der Waals surface area contributed by atoms with Gasteiger partial charge in [-0.1, -0.05) is 15.9 Å². The third-order valence-corrected chi connectivity index (χ3v) is 5.02. The summed E-state index contributed by atoms with van der Waals surface area (Å²) < 4.78 is 22.8. The predicted octanol–water partition coefficient (Wildman–Crippen LogP) is 0.463. The summed E-state index contributed by atoms with van der Waals surface area (Å²) in [5.41, 5.74) is 0. The molecule has 6 heteroatoms. The van der Waals surface area contributed by atoms with Crippen molar-refractivity contribution < 1.29 is 13.2 Å². The lowest BCUT2D eigenvalue weighted by molar-refractivity contribution is -0.120. The molecule has 1 fully saturated rings. The highest BCUT2D eigenvalue weighted by Gasteiger charge is 2.31. The maximum Gasteiger partial charge on any atom is 0.233 e. The Morgan fingerprint density at radius 3 is 2.71 bits per heavy atom. The number of alkyl halides is 1. The van der Waals surface area contributed by atoms with Gasteiger partial charge in [0.05, 0.1) is 15.8 Å². The molecule has 0 spiro atoms. The number of halogens is 1. The quantitative estimate of drug-likeness (QED) is 0.766. The van der Waals surface area contributed by atoms with Crippen molar-refractivity contribution in [2.24, 2.45) is 0 Å². The lowest BCUT2D eigenvalue weighted by atomic mass is 10.2. The number of nitrogens with one attached hydrogen (secondary N) is 1. The monoisotopic (exact) mass is 283 g/mol. The zero-order valence-electron chi connectivity index (χ0n) is 7.99. The van der Waals surface area contributed by atoms with E-state index in [9.17, 15) is 13.2 Å². The number of carbonyl (C=O) groups excluding carboxylic acids is 1. The highest BCUT2D eigenvalue weighted by molar-refractivity contribution is 9.10. The highest BCUT2D eigenvalue weighted by atomic mass is 79.9. The summed E-state index contributed by atoms with van der Waals surface area (Å²) in [7, 11) is -2.94. The zero-order valence-corrected chi connectivity index (χ0v) is 10.4. The van der Waals surface area contributed by atoms with E-state index in [0.717, 1.165) is 0 Å². The minimum absolute atomic E-state index is 0.160. The molecule has 1 rings (SSSR count). The molecule has 0 aromatic rings. The molecule has 1 aliphatic heterocycles. The molecular weight excluding hydrogens is 270 g/mol. The van der Waals surface area contributed by atoms with Gasteiger partial charge in [-0.2, -0.15) is 0 Å². The van der Waals surface area contributed by atoms with Crippen LogP contribution in [0.1, 0.15) is 19.8 Å². The van der Waals surface area contributed by atoms with Gasteiger partial charge in [-0.15, -0.1) is 0 Å². The van der Waals surface area contributed by atoms with E-state index in [0.29, 0.717) is 12.8 Å². The van der Waals surface area contributed by atoms with E-state index in [-0.39, 0.29) is 28.3 Å². The molecule has 1 N–H and O–H groups in total. The van der Waals surface area contributed by atoms with Gasteiger partial charge in [-0.3, -0.25) is 4.79 Å². The first kappa shape index (κ1) is 12.0. The third kappa shape index (κ3) is 2.95. The van der Waals surface area contributed by atoms with E-state index in [2.05, 4.69) is 21.2 Å². The van der Waals surface area contributed by atoms with Crippen LogP contribution in [-0.2, 0) is 14.6 Å². The average molecular weight is 284 g/mol. The van der Waals surface area contributed by atoms with Crippen LogP contribution >= 0.6 is 15.9 Å². The van der Waals surface area contributed by atoms with Crippen LogP contribution in [0.15, 0.2) is 0 Å². The Morgan fingerprint density at radius 2 is 2.29 bits per heavy atom. The van der Waals surface area contributed by atoms with E-state index >= 15 is 0 Å². The van der Waals surface area contributed by atoms with Crippen LogP contribution in [0, 0.1) is 0 Å². The zero-order chi connectivity index (χ0) is 10.8. The van der Waals surface area contributed by atoms with Gasteiger partial charge in [-0.05, 0) is 19.8 Å². The molecule has 0 saturated carbocycles. The fourth-order valence-electron chi connectivity index (χ4n) is 1.44. The molecule has 0 aliphatic carbocycles. The number of sulfone groups is 1. The summed E-state index contributed by atoms with van der Waals surface area (Å²) in [6.45, 7) is 1.95. The first-order valence-corrected chi connectivity index (χ1v) is 7.20. The summed E-state index contributed by atoms with van der Waals surface area (Å²) in [4.78, 5) is 10.9. The lowest BCUT2D eigenvalue weighted by Crippen LogP contribution is -2.37. The first-order valence-electron chi connectivity index (χ1n) is 4.57. The van der Waals surface area contributed by atoms with Crippen molar-refractivity contribution in [3.8, 4) is 0 Å². The molecule has 0 bridgehead atoms. The number of hydrogen-bond donors (Lipinski definition) is 1. The largest absolute Gasteiger partial charge is 0.354 e. The lowest BCUT2D eigenvalue weighted by Gasteiger charge is -2.11. The second-order valence-corrected chi connectivity index (χ2v) is 7.27. The van der Waals surface area contributed by atoms with Crippen LogP contribution < -0.4 is 5.32 Å². The standard InChI is InChI=1S/C8H14BrNO3S/c1-6(9)8(11)10-5-7-3-2-4-14(7,12)13/h6-7H,2-5H2,1H3,(H,10,11). The average Bonchev–Trinajstić information content (AvgIpc) is 2.40. The molecule has 1 heterocycles. The van der Waals surface area contributed by atoms with E-state index < -0.39 is 9.84 Å². The molecule has 2 atom stereocenters. The summed E-state index contributed by atoms with van der Waals surface area (Å²) in [6.07, 6.45) is 1.38. The van der Waals surface area contributed by atoms with Crippen LogP contribution in [0.5, 0.6) is 0 Å². The van der Waals surface area contributed by atoms with E-state index in [4.69, 9.17) is 0 Å². The number of hydrogen-bond acceptors (Lipinski definition) is 3. The van der Waals surface area contributed by atoms with Crippen molar-refractivity contribution in [3.63, 3.8) is 0 Å². The Balaban J connectivity index is 2.43. The van der Waals surface area contributed by atoms with Crippen LogP contribution in [-0.4, -0.2) is 36.7 Å². The number of amides is 1. The summed E-state index contributed by atoms with van der Waals surface area (Å²) in [5, 5.41) is 2.24. The fourth-order valence-corrected chi connectivity index (χ4v) is 3.37. The van der Waals surface area contributed by atoms with Gasteiger partial charge in [0, 0.05) is 6.54 Å². The summed E-state index contributed by atoms with van der Waals surface area (Å²) in [5.74, 6) is 0.101. The summed E-state index contributed by atoms with van der Waals surface area (Å²) >= 11 is 3.12. The van der Waals surface area contributed by atoms with E-state index in [1.165, 1.54) is 0 Å². The topological polar surface area (TPSA) is 63.2 Å². The van der Waals surface area contributed by atoms with Crippen molar-refractivity contribution in [3.05, 3.63) is 0 Å². The van der Waals surface area contributed by atoms with Crippen LogP contribution in [0.25, 0.3) is 0 Å². The van der Waals surface area contributed by atoms with Gasteiger partial charge >= 0.3 is 0 Å². The van der Waals surface area contributed by atoms with Crippen molar-refractivity contribution in [1.29, 1.82) is 0 Å². The molecule has 2 unspecified atom stereocenters. The van der Waals surface area contributed by atoms with E-state index in [1.807, 2.05) is 0 Å². The predicted molar refractivity (Wildman–Crippen MR) is 58.2 cm³/mol. The Kier molecular flexibility index (Phi) is 3.94. The highest BCUT2D eigenvalue weighted by Crippen LogP contribution is 2.19. The maximum absolute atomic E-state index is 11.4. The molecule has 0 radical (unpaired) electrons. The maximum atomic E-state index is 11.4. The smallest absolute Gasteiger partial charge is 0.233 e. The van der Waals surface area contributed by atoms with Gasteiger partial charge in [0.1, 0.15) is 0 Å². The number of carbonyl (C=O) groups is 1. The first-order chi connectivity index (χ1) is 6.43. The van der Waals surface area contributed by atoms with Crippen LogP contribution in [0.4, 0.5) is 0 Å². The van der Waals surface area contributed by atoms with Gasteiger partial charge in [0.2, 0.25) is 5.91 Å². The second-order valence-electron chi connectivity index (χ2n) is 3.49. The summed E-state index contributed by atoms with van der Waals surface area (Å²) in [6, 6.07) is 0. The SMILES string of the molecule is CC(Br)C(=O)NCC1CCCS1(=O)=O. The van der Waals surface area contributed by atoms with Crippen molar-refractivity contribution in [2.45, 2.75) is 29.8 Å². The molecule has 1 aliphatic rings. The molecule has 0 aromatic heterocycles. The van der Waals surface area contributed by atoms with Gasteiger partial charge in [0.15, 0.2) is 9.84 Å². The van der Waals surface area contributed by atoms with Gasteiger partial charge in [-0.25, -0.2) is 8.42 Å². The second kappa shape index (κ2) is 4.61. The fraction of sp³-hybridized carbons (Fsp3) is 0.875. The van der Waals surface area contributed by atoms with Gasteiger partial charge in [0.25, 0.3) is 0 Å². The van der Waals surface area contributed by atoms with Gasteiger partial charge < -0.3 is 5.32 Å². The third-order valence-electron chi connectivity index (χ3n) is 2.33. The van der Waals surface area contributed by atoms with Crippen molar-refractivity contribution in [2.75, 3.05) is 12.3 Å². The molecule has 1 saturated heterocycles. The van der Waals surface area contributed by atoms with Crippen molar-refractivity contribution >= 4 is 31.7 Å². The molecule has 1 amide bonds. The Labute approximate surface area is 92.5 Å². The minimum Gasteiger partial charge on any atom is -0.354 e. The Bertz CT molecular complexity index is 313. The Hall–Kier alpha value is -0.100. The number of rotatable bonds is 3. The molecule has 0 aromatic carbocycles. The minimum atomic E-state index is -2.94. The molecular formula is C8H14BrNO3S. The van der Waals surface area contributed by atoms with E-state index in [1.54, 1.807) is 6.92 Å². The van der Waals surface area contributed by atoms with Crippen LogP contribution in [0.3, 0.4) is 0 Å². The molecule has 4 nitrogen and oxygen atoms in total. The van der Waals surface area contributed by atoms with Crippen molar-refractivity contribution in [1.82, 2.24) is 5.32 Å². The normalized spacial score (nSPS) is 27.1.